The molecule has 4 nitrogen and oxygen atoms in total. The number of fused-ring (bicyclic) bond motifs is 1. The van der Waals surface area contributed by atoms with Gasteiger partial charge < -0.3 is 9.72 Å². The van der Waals surface area contributed by atoms with Crippen molar-refractivity contribution in [2.24, 2.45) is 0 Å². The van der Waals surface area contributed by atoms with E-state index in [-0.39, 0.29) is 0 Å². The molecule has 1 aromatic heterocycles. The van der Waals surface area contributed by atoms with Crippen LogP contribution in [0.1, 0.15) is 37.5 Å². The van der Waals surface area contributed by atoms with E-state index in [2.05, 4.69) is 9.88 Å². The zero-order chi connectivity index (χ0) is 14.2. The number of halogens is 1. The molecule has 0 radical (unpaired) electrons. The summed E-state index contributed by atoms with van der Waals surface area (Å²) in [4.78, 5) is 10.7. The highest BCUT2D eigenvalue weighted by atomic mass is 35.5. The van der Waals surface area contributed by atoms with Gasteiger partial charge in [-0.2, -0.15) is 0 Å². The fourth-order valence-electron chi connectivity index (χ4n) is 3.56. The fraction of sp³-hybridized carbons (Fsp3) is 0.562. The predicted octanol–water partition coefficient (Wildman–Crippen LogP) is 3.53. The van der Waals surface area contributed by atoms with E-state index in [1.807, 2.05) is 18.2 Å². The molecule has 2 saturated heterocycles. The third-order valence-electron chi connectivity index (χ3n) is 4.60. The standard InChI is InChI=1S/C16H20ClN3O/c17-11-5-6-13-14(9-11)19-16(18-13)15-4-1-7-20(15)10-12-3-2-8-21-12/h5-6,9,12,15H,1-4,7-8,10H2,(H,18,19). The summed E-state index contributed by atoms with van der Waals surface area (Å²) in [7, 11) is 0. The van der Waals surface area contributed by atoms with Gasteiger partial charge in [0.2, 0.25) is 0 Å². The SMILES string of the molecule is Clc1ccc2nc(C3CCCN3CC3CCCO3)[nH]c2c1. The number of nitrogens with zero attached hydrogens (tertiary/aromatic N) is 2. The molecule has 0 amide bonds. The Bertz CT molecular complexity index is 635. The van der Waals surface area contributed by atoms with E-state index in [1.165, 1.54) is 25.7 Å². The van der Waals surface area contributed by atoms with Gasteiger partial charge in [-0.25, -0.2) is 4.98 Å². The lowest BCUT2D eigenvalue weighted by molar-refractivity contribution is 0.0679. The fourth-order valence-corrected chi connectivity index (χ4v) is 3.74. The van der Waals surface area contributed by atoms with Crippen LogP contribution in [0.3, 0.4) is 0 Å². The first kappa shape index (κ1) is 13.6. The maximum Gasteiger partial charge on any atom is 0.124 e. The lowest BCUT2D eigenvalue weighted by Crippen LogP contribution is -2.32. The summed E-state index contributed by atoms with van der Waals surface area (Å²) in [5.41, 5.74) is 2.03. The molecule has 2 fully saturated rings. The minimum Gasteiger partial charge on any atom is -0.377 e. The average molecular weight is 306 g/mol. The third kappa shape index (κ3) is 2.68. The molecule has 2 aliphatic heterocycles. The Kier molecular flexibility index (Phi) is 3.61. The molecule has 2 unspecified atom stereocenters. The van der Waals surface area contributed by atoms with E-state index in [9.17, 15) is 0 Å². The second kappa shape index (κ2) is 5.59. The minimum atomic E-state index is 0.389. The van der Waals surface area contributed by atoms with Crippen LogP contribution in [0.25, 0.3) is 11.0 Å². The van der Waals surface area contributed by atoms with Crippen LogP contribution in [-0.4, -0.2) is 40.7 Å². The van der Waals surface area contributed by atoms with Gasteiger partial charge in [0.25, 0.3) is 0 Å². The molecule has 1 aromatic carbocycles. The maximum atomic E-state index is 6.05. The number of H-pyrrole nitrogens is 1. The Labute approximate surface area is 129 Å². The zero-order valence-corrected chi connectivity index (χ0v) is 12.8. The number of hydrogen-bond donors (Lipinski definition) is 1. The first-order chi connectivity index (χ1) is 10.3. The van der Waals surface area contributed by atoms with Gasteiger partial charge in [0.1, 0.15) is 5.82 Å². The number of aromatic nitrogens is 2. The van der Waals surface area contributed by atoms with Crippen LogP contribution < -0.4 is 0 Å². The van der Waals surface area contributed by atoms with Crippen molar-refractivity contribution in [2.45, 2.75) is 37.8 Å². The van der Waals surface area contributed by atoms with Crippen LogP contribution in [-0.2, 0) is 4.74 Å². The molecule has 0 aliphatic carbocycles. The van der Waals surface area contributed by atoms with E-state index in [0.29, 0.717) is 12.1 Å². The smallest absolute Gasteiger partial charge is 0.124 e. The molecule has 0 spiro atoms. The molecule has 2 aliphatic rings. The van der Waals surface area contributed by atoms with E-state index in [4.69, 9.17) is 21.3 Å². The van der Waals surface area contributed by atoms with E-state index >= 15 is 0 Å². The summed E-state index contributed by atoms with van der Waals surface area (Å²) in [6.07, 6.45) is 5.20. The summed E-state index contributed by atoms with van der Waals surface area (Å²) < 4.78 is 5.78. The van der Waals surface area contributed by atoms with Crippen molar-refractivity contribution in [2.75, 3.05) is 19.7 Å². The topological polar surface area (TPSA) is 41.2 Å². The van der Waals surface area contributed by atoms with Gasteiger partial charge in [0.15, 0.2) is 0 Å². The molecule has 21 heavy (non-hydrogen) atoms. The molecule has 1 N–H and O–H groups in total. The summed E-state index contributed by atoms with van der Waals surface area (Å²) in [6.45, 7) is 3.09. The normalized spacial score (nSPS) is 26.9. The van der Waals surface area contributed by atoms with Crippen LogP contribution in [0.2, 0.25) is 5.02 Å². The number of likely N-dealkylation sites (tertiary alicyclic amines) is 1. The highest BCUT2D eigenvalue weighted by Gasteiger charge is 2.31. The van der Waals surface area contributed by atoms with Gasteiger partial charge in [-0.3, -0.25) is 4.90 Å². The molecule has 4 rings (SSSR count). The molecule has 2 aromatic rings. The van der Waals surface area contributed by atoms with Crippen molar-refractivity contribution in [3.63, 3.8) is 0 Å². The predicted molar refractivity (Wildman–Crippen MR) is 83.6 cm³/mol. The highest BCUT2D eigenvalue weighted by molar-refractivity contribution is 6.31. The third-order valence-corrected chi connectivity index (χ3v) is 4.84. The van der Waals surface area contributed by atoms with Crippen LogP contribution in [0, 0.1) is 0 Å². The first-order valence-corrected chi connectivity index (χ1v) is 8.18. The lowest BCUT2D eigenvalue weighted by Gasteiger charge is -2.25. The monoisotopic (exact) mass is 305 g/mol. The average Bonchev–Trinajstić information content (AvgIpc) is 3.18. The molecule has 0 saturated carbocycles. The van der Waals surface area contributed by atoms with Crippen molar-refractivity contribution < 1.29 is 4.74 Å². The number of benzene rings is 1. The quantitative estimate of drug-likeness (QED) is 0.943. The summed E-state index contributed by atoms with van der Waals surface area (Å²) in [6, 6.07) is 6.22. The maximum absolute atomic E-state index is 6.05. The largest absolute Gasteiger partial charge is 0.377 e. The number of nitrogens with one attached hydrogen (secondary N) is 1. The van der Waals surface area contributed by atoms with Crippen LogP contribution >= 0.6 is 11.6 Å². The van der Waals surface area contributed by atoms with E-state index < -0.39 is 0 Å². The van der Waals surface area contributed by atoms with Crippen molar-refractivity contribution in [1.29, 1.82) is 0 Å². The van der Waals surface area contributed by atoms with Gasteiger partial charge in [-0.15, -0.1) is 0 Å². The second-order valence-electron chi connectivity index (χ2n) is 6.07. The Balaban J connectivity index is 1.57. The Morgan fingerprint density at radius 1 is 1.33 bits per heavy atom. The number of rotatable bonds is 3. The Morgan fingerprint density at radius 2 is 2.29 bits per heavy atom. The van der Waals surface area contributed by atoms with Crippen LogP contribution in [0.15, 0.2) is 18.2 Å². The molecule has 3 heterocycles. The second-order valence-corrected chi connectivity index (χ2v) is 6.51. The Hall–Kier alpha value is -1.10. The minimum absolute atomic E-state index is 0.389. The van der Waals surface area contributed by atoms with E-state index in [1.54, 1.807) is 0 Å². The summed E-state index contributed by atoms with van der Waals surface area (Å²) >= 11 is 6.05. The lowest BCUT2D eigenvalue weighted by atomic mass is 10.2. The molecule has 5 heteroatoms. The van der Waals surface area contributed by atoms with Crippen LogP contribution in [0.4, 0.5) is 0 Å². The molecule has 2 atom stereocenters. The zero-order valence-electron chi connectivity index (χ0n) is 12.0. The number of hydrogen-bond acceptors (Lipinski definition) is 3. The first-order valence-electron chi connectivity index (χ1n) is 7.80. The summed E-state index contributed by atoms with van der Waals surface area (Å²) in [5.74, 6) is 1.07. The highest BCUT2D eigenvalue weighted by Crippen LogP contribution is 2.32. The Morgan fingerprint density at radius 3 is 3.14 bits per heavy atom. The molecular weight excluding hydrogens is 286 g/mol. The molecule has 112 valence electrons. The summed E-state index contributed by atoms with van der Waals surface area (Å²) in [5, 5.41) is 0.750. The molecular formula is C16H20ClN3O. The number of ether oxygens (including phenoxy) is 1. The van der Waals surface area contributed by atoms with Gasteiger partial charge in [0, 0.05) is 18.2 Å². The molecule has 0 bridgehead atoms. The van der Waals surface area contributed by atoms with Crippen LogP contribution in [0.5, 0.6) is 0 Å². The number of imidazole rings is 1. The van der Waals surface area contributed by atoms with Gasteiger partial charge >= 0.3 is 0 Å². The van der Waals surface area contributed by atoms with E-state index in [0.717, 1.165) is 41.6 Å². The van der Waals surface area contributed by atoms with Gasteiger partial charge in [-0.1, -0.05) is 11.6 Å². The van der Waals surface area contributed by atoms with Crippen molar-refractivity contribution in [3.05, 3.63) is 29.0 Å². The van der Waals surface area contributed by atoms with Crippen molar-refractivity contribution in [1.82, 2.24) is 14.9 Å². The van der Waals surface area contributed by atoms with Gasteiger partial charge in [-0.05, 0) is 50.4 Å². The van der Waals surface area contributed by atoms with Crippen molar-refractivity contribution in [3.8, 4) is 0 Å². The van der Waals surface area contributed by atoms with Crippen molar-refractivity contribution >= 4 is 22.6 Å². The number of aromatic amines is 1. The van der Waals surface area contributed by atoms with Gasteiger partial charge in [0.05, 0.1) is 23.2 Å².